The van der Waals surface area contributed by atoms with Crippen LogP contribution >= 0.6 is 0 Å². The van der Waals surface area contributed by atoms with Gasteiger partial charge in [-0.25, -0.2) is 9.59 Å². The van der Waals surface area contributed by atoms with Crippen LogP contribution < -0.4 is 5.32 Å². The maximum atomic E-state index is 11.7. The smallest absolute Gasteiger partial charge is 0.326 e. The molecule has 0 aliphatic carbocycles. The van der Waals surface area contributed by atoms with Gasteiger partial charge in [-0.1, -0.05) is 6.07 Å². The van der Waals surface area contributed by atoms with E-state index in [1.54, 1.807) is 0 Å². The summed E-state index contributed by atoms with van der Waals surface area (Å²) in [5.74, 6) is -1.68. The number of carboxylic acid groups (broad SMARTS) is 1. The van der Waals surface area contributed by atoms with E-state index in [4.69, 9.17) is 0 Å². The van der Waals surface area contributed by atoms with Gasteiger partial charge in [0.1, 0.15) is 6.04 Å². The molecular weight excluding hydrogens is 264 g/mol. The number of aliphatic carboxylic acids is 1. The highest BCUT2D eigenvalue weighted by Crippen LogP contribution is 2.26. The molecule has 7 nitrogen and oxygen atoms in total. The Bertz CT molecular complexity index is 531. The molecule has 1 fully saturated rings. The summed E-state index contributed by atoms with van der Waals surface area (Å²) >= 11 is 0. The van der Waals surface area contributed by atoms with Crippen LogP contribution in [-0.2, 0) is 11.2 Å². The lowest BCUT2D eigenvalue weighted by Gasteiger charge is -2.32. The Labute approximate surface area is 115 Å². The van der Waals surface area contributed by atoms with Crippen LogP contribution in [0.5, 0.6) is 11.5 Å². The number of carbonyl (C=O) groups is 2. The third kappa shape index (κ3) is 2.93. The van der Waals surface area contributed by atoms with E-state index < -0.39 is 18.0 Å². The van der Waals surface area contributed by atoms with Crippen LogP contribution in [-0.4, -0.2) is 51.4 Å². The molecule has 0 radical (unpaired) electrons. The molecule has 0 spiro atoms. The Hall–Kier alpha value is -2.44. The number of hydrogen-bond donors (Lipinski definition) is 4. The molecule has 1 saturated heterocycles. The number of urea groups is 1. The highest BCUT2D eigenvalue weighted by Gasteiger charge is 2.31. The fourth-order valence-electron chi connectivity index (χ4n) is 2.20. The minimum Gasteiger partial charge on any atom is -0.504 e. The van der Waals surface area contributed by atoms with E-state index in [-0.39, 0.29) is 17.9 Å². The topological polar surface area (TPSA) is 110 Å². The van der Waals surface area contributed by atoms with E-state index in [1.165, 1.54) is 23.1 Å². The average Bonchev–Trinajstić information content (AvgIpc) is 2.41. The fourth-order valence-corrected chi connectivity index (χ4v) is 2.20. The van der Waals surface area contributed by atoms with Gasteiger partial charge in [0, 0.05) is 19.5 Å². The molecule has 1 atom stereocenters. The van der Waals surface area contributed by atoms with Crippen molar-refractivity contribution in [3.63, 3.8) is 0 Å². The van der Waals surface area contributed by atoms with E-state index in [0.29, 0.717) is 25.1 Å². The van der Waals surface area contributed by atoms with Crippen molar-refractivity contribution in [2.45, 2.75) is 18.9 Å². The summed E-state index contributed by atoms with van der Waals surface area (Å²) in [5.41, 5.74) is 0.533. The second-order valence-corrected chi connectivity index (χ2v) is 4.66. The molecule has 20 heavy (non-hydrogen) atoms. The lowest BCUT2D eigenvalue weighted by atomic mass is 10.0. The molecule has 0 bridgehead atoms. The molecule has 1 aromatic carbocycles. The zero-order valence-electron chi connectivity index (χ0n) is 10.7. The summed E-state index contributed by atoms with van der Waals surface area (Å²) < 4.78 is 0. The van der Waals surface area contributed by atoms with Gasteiger partial charge < -0.3 is 25.5 Å². The molecule has 1 unspecified atom stereocenters. The number of carbonyl (C=O) groups excluding carboxylic acids is 1. The van der Waals surface area contributed by atoms with Crippen molar-refractivity contribution in [3.05, 3.63) is 23.8 Å². The fraction of sp³-hybridized carbons (Fsp3) is 0.385. The summed E-state index contributed by atoms with van der Waals surface area (Å²) in [7, 11) is 0. The summed E-state index contributed by atoms with van der Waals surface area (Å²) in [5, 5.41) is 30.6. The molecule has 2 amide bonds. The molecule has 108 valence electrons. The lowest BCUT2D eigenvalue weighted by molar-refractivity contribution is -0.142. The molecule has 7 heteroatoms. The van der Waals surface area contributed by atoms with Gasteiger partial charge in [-0.3, -0.25) is 0 Å². The maximum absolute atomic E-state index is 11.7. The largest absolute Gasteiger partial charge is 0.504 e. The maximum Gasteiger partial charge on any atom is 0.326 e. The predicted octanol–water partition coefficient (Wildman–Crippen LogP) is 0.509. The van der Waals surface area contributed by atoms with Crippen molar-refractivity contribution in [2.24, 2.45) is 0 Å². The number of aromatic hydroxyl groups is 2. The third-order valence-corrected chi connectivity index (χ3v) is 3.24. The molecule has 0 saturated carbocycles. The number of nitrogens with zero attached hydrogens (tertiary/aromatic N) is 1. The quantitative estimate of drug-likeness (QED) is 0.601. The van der Waals surface area contributed by atoms with E-state index in [2.05, 4.69) is 5.32 Å². The number of nitrogens with one attached hydrogen (secondary N) is 1. The number of hydrogen-bond acceptors (Lipinski definition) is 4. The first-order chi connectivity index (χ1) is 9.49. The minimum atomic E-state index is -1.10. The number of amides is 2. The number of carboxylic acids is 1. The molecule has 1 aliphatic heterocycles. The van der Waals surface area contributed by atoms with E-state index in [1.807, 2.05) is 0 Å². The monoisotopic (exact) mass is 280 g/mol. The Morgan fingerprint density at radius 1 is 1.35 bits per heavy atom. The third-order valence-electron chi connectivity index (χ3n) is 3.24. The van der Waals surface area contributed by atoms with Gasteiger partial charge in [0.05, 0.1) is 0 Å². The average molecular weight is 280 g/mol. The number of phenolic OH excluding ortho intramolecular Hbond substituents is 2. The summed E-state index contributed by atoms with van der Waals surface area (Å²) in [6.07, 6.45) is 0.757. The highest BCUT2D eigenvalue weighted by atomic mass is 16.4. The van der Waals surface area contributed by atoms with Gasteiger partial charge in [0.2, 0.25) is 0 Å². The molecule has 4 N–H and O–H groups in total. The zero-order valence-corrected chi connectivity index (χ0v) is 10.7. The minimum absolute atomic E-state index is 0.0661. The van der Waals surface area contributed by atoms with Gasteiger partial charge >= 0.3 is 12.0 Å². The Morgan fingerprint density at radius 3 is 2.70 bits per heavy atom. The summed E-state index contributed by atoms with van der Waals surface area (Å²) in [6, 6.07) is 2.71. The molecule has 1 aliphatic rings. The van der Waals surface area contributed by atoms with Crippen molar-refractivity contribution in [3.8, 4) is 11.5 Å². The number of phenols is 2. The summed E-state index contributed by atoms with van der Waals surface area (Å²) in [6.45, 7) is 0.925. The van der Waals surface area contributed by atoms with Crippen molar-refractivity contribution >= 4 is 12.0 Å². The van der Waals surface area contributed by atoms with Gasteiger partial charge in [-0.15, -0.1) is 0 Å². The van der Waals surface area contributed by atoms with Gasteiger partial charge in [0.15, 0.2) is 11.5 Å². The van der Waals surface area contributed by atoms with Crippen molar-refractivity contribution in [1.29, 1.82) is 0 Å². The highest BCUT2D eigenvalue weighted by molar-refractivity contribution is 5.83. The molecular formula is C13H16N2O5. The Kier molecular flexibility index (Phi) is 3.97. The normalized spacial score (nSPS) is 16.6. The summed E-state index contributed by atoms with van der Waals surface area (Å²) in [4.78, 5) is 24.4. The van der Waals surface area contributed by atoms with Crippen LogP contribution in [0.4, 0.5) is 4.79 Å². The zero-order chi connectivity index (χ0) is 14.7. The number of rotatable bonds is 4. The van der Waals surface area contributed by atoms with Crippen molar-refractivity contribution < 1.29 is 24.9 Å². The first-order valence-corrected chi connectivity index (χ1v) is 6.27. The second-order valence-electron chi connectivity index (χ2n) is 4.66. The first kappa shape index (κ1) is 14.0. The van der Waals surface area contributed by atoms with Crippen LogP contribution in [0.25, 0.3) is 0 Å². The lowest BCUT2D eigenvalue weighted by Crippen LogP contribution is -2.54. The van der Waals surface area contributed by atoms with E-state index >= 15 is 0 Å². The van der Waals surface area contributed by atoms with E-state index in [9.17, 15) is 24.9 Å². The number of benzene rings is 1. The molecule has 0 aromatic heterocycles. The Balaban J connectivity index is 2.18. The van der Waals surface area contributed by atoms with E-state index in [0.717, 1.165) is 0 Å². The molecule has 2 rings (SSSR count). The first-order valence-electron chi connectivity index (χ1n) is 6.27. The van der Waals surface area contributed by atoms with Gasteiger partial charge in [-0.05, 0) is 24.1 Å². The Morgan fingerprint density at radius 2 is 2.10 bits per heavy atom. The van der Waals surface area contributed by atoms with Crippen LogP contribution in [0.2, 0.25) is 0 Å². The standard InChI is InChI=1S/C13H16N2O5/c16-10-3-2-8(7-11(10)17)6-9(12(18)19)15-5-1-4-14-13(15)20/h2-3,7,9,16-17H,1,4-6H2,(H,14,20)(H,18,19). The van der Waals surface area contributed by atoms with Crippen molar-refractivity contribution in [1.82, 2.24) is 10.2 Å². The van der Waals surface area contributed by atoms with Gasteiger partial charge in [-0.2, -0.15) is 0 Å². The second kappa shape index (κ2) is 5.68. The SMILES string of the molecule is O=C(O)C(Cc1ccc(O)c(O)c1)N1CCCNC1=O. The van der Waals surface area contributed by atoms with Crippen LogP contribution in [0, 0.1) is 0 Å². The van der Waals surface area contributed by atoms with Crippen LogP contribution in [0.3, 0.4) is 0 Å². The van der Waals surface area contributed by atoms with Gasteiger partial charge in [0.25, 0.3) is 0 Å². The van der Waals surface area contributed by atoms with Crippen LogP contribution in [0.15, 0.2) is 18.2 Å². The predicted molar refractivity (Wildman–Crippen MR) is 69.6 cm³/mol. The van der Waals surface area contributed by atoms with Crippen molar-refractivity contribution in [2.75, 3.05) is 13.1 Å². The van der Waals surface area contributed by atoms with Crippen LogP contribution in [0.1, 0.15) is 12.0 Å². The molecule has 1 aromatic rings. The molecule has 1 heterocycles.